The molecule has 3 heteroatoms. The zero-order valence-electron chi connectivity index (χ0n) is 12.5. The number of aliphatic imine (C=N–C) groups is 1. The van der Waals surface area contributed by atoms with E-state index in [0.29, 0.717) is 5.75 Å². The van der Waals surface area contributed by atoms with Gasteiger partial charge in [-0.05, 0) is 18.6 Å². The lowest BCUT2D eigenvalue weighted by atomic mass is 10.2. The van der Waals surface area contributed by atoms with E-state index in [1.807, 2.05) is 18.2 Å². The smallest absolute Gasteiger partial charge is 0.124 e. The lowest BCUT2D eigenvalue weighted by Crippen LogP contribution is -2.31. The highest BCUT2D eigenvalue weighted by atomic mass is 28.3. The van der Waals surface area contributed by atoms with Gasteiger partial charge in [0, 0.05) is 18.3 Å². The minimum absolute atomic E-state index is 0.311. The van der Waals surface area contributed by atoms with Gasteiger partial charge in [0.2, 0.25) is 0 Å². The van der Waals surface area contributed by atoms with Crippen LogP contribution in [0.5, 0.6) is 5.75 Å². The van der Waals surface area contributed by atoms with Gasteiger partial charge in [-0.1, -0.05) is 57.1 Å². The first-order valence-corrected chi connectivity index (χ1v) is 10.3. The average Bonchev–Trinajstić information content (AvgIpc) is 2.45. The normalized spacial score (nSPS) is 12.2. The van der Waals surface area contributed by atoms with Gasteiger partial charge < -0.3 is 5.11 Å². The van der Waals surface area contributed by atoms with Crippen molar-refractivity contribution in [3.63, 3.8) is 0 Å². The summed E-state index contributed by atoms with van der Waals surface area (Å²) in [6.45, 7) is 7.93. The molecule has 0 heterocycles. The summed E-state index contributed by atoms with van der Waals surface area (Å²) in [6, 6.07) is 12.9. The molecular weight excluding hydrogens is 250 g/mol. The lowest BCUT2D eigenvalue weighted by molar-refractivity contribution is 0.474. The van der Waals surface area contributed by atoms with Gasteiger partial charge in [0.1, 0.15) is 5.75 Å². The van der Waals surface area contributed by atoms with Gasteiger partial charge >= 0.3 is 0 Å². The van der Waals surface area contributed by atoms with Gasteiger partial charge in [0.05, 0.1) is 8.07 Å². The van der Waals surface area contributed by atoms with Crippen LogP contribution in [0.15, 0.2) is 29.3 Å². The fourth-order valence-corrected chi connectivity index (χ4v) is 6.05. The number of rotatable bonds is 8. The maximum absolute atomic E-state index is 9.63. The van der Waals surface area contributed by atoms with Crippen LogP contribution >= 0.6 is 0 Å². The Morgan fingerprint density at radius 1 is 1.11 bits per heavy atom. The second kappa shape index (κ2) is 8.15. The molecule has 0 radical (unpaired) electrons. The van der Waals surface area contributed by atoms with E-state index >= 15 is 0 Å². The summed E-state index contributed by atoms with van der Waals surface area (Å²) in [5.41, 5.74) is 0.812. The Morgan fingerprint density at radius 2 is 1.74 bits per heavy atom. The third-order valence-corrected chi connectivity index (χ3v) is 10.3. The molecule has 0 atom stereocenters. The maximum atomic E-state index is 9.63. The molecular formula is C16H27NOSi. The van der Waals surface area contributed by atoms with Crippen molar-refractivity contribution < 1.29 is 5.11 Å². The van der Waals surface area contributed by atoms with Crippen molar-refractivity contribution in [3.8, 4) is 5.75 Å². The Hall–Kier alpha value is -1.09. The van der Waals surface area contributed by atoms with E-state index in [4.69, 9.17) is 0 Å². The molecule has 1 aromatic carbocycles. The highest BCUT2D eigenvalue weighted by Crippen LogP contribution is 2.26. The number of hydrogen-bond acceptors (Lipinski definition) is 2. The summed E-state index contributed by atoms with van der Waals surface area (Å²) in [6.07, 6.45) is 2.98. The molecule has 0 aromatic heterocycles. The Balaban J connectivity index is 2.41. The van der Waals surface area contributed by atoms with Gasteiger partial charge in [-0.2, -0.15) is 0 Å². The van der Waals surface area contributed by atoms with E-state index in [9.17, 15) is 5.11 Å². The summed E-state index contributed by atoms with van der Waals surface area (Å²) in [4.78, 5) is 4.45. The molecule has 0 aliphatic heterocycles. The predicted octanol–water partition coefficient (Wildman–Crippen LogP) is 4.71. The largest absolute Gasteiger partial charge is 0.507 e. The molecule has 1 aromatic rings. The van der Waals surface area contributed by atoms with Gasteiger partial charge in [-0.3, -0.25) is 4.99 Å². The minimum atomic E-state index is -0.981. The predicted molar refractivity (Wildman–Crippen MR) is 87.2 cm³/mol. The van der Waals surface area contributed by atoms with E-state index < -0.39 is 8.07 Å². The highest BCUT2D eigenvalue weighted by Gasteiger charge is 2.25. The standard InChI is InChI=1S/C16H27NOSi/c1-4-19(5-2,6-3)13-9-12-17-14-15-10-7-8-11-16(15)18/h7-8,10-11,14,18H,4-6,9,12-13H2,1-3H3. The summed E-state index contributed by atoms with van der Waals surface area (Å²) >= 11 is 0. The van der Waals surface area contributed by atoms with Crippen molar-refractivity contribution in [2.45, 2.75) is 51.4 Å². The Bertz CT molecular complexity index is 391. The molecule has 2 nitrogen and oxygen atoms in total. The van der Waals surface area contributed by atoms with E-state index in [-0.39, 0.29) is 0 Å². The fourth-order valence-electron chi connectivity index (χ4n) is 2.59. The number of nitrogens with zero attached hydrogens (tertiary/aromatic N) is 1. The van der Waals surface area contributed by atoms with E-state index in [2.05, 4.69) is 25.8 Å². The number of phenolic OH excluding ortho intramolecular Hbond substituents is 1. The van der Waals surface area contributed by atoms with Crippen molar-refractivity contribution in [1.29, 1.82) is 0 Å². The molecule has 0 spiro atoms. The molecule has 0 fully saturated rings. The van der Waals surface area contributed by atoms with Crippen LogP contribution in [0.3, 0.4) is 0 Å². The average molecular weight is 277 g/mol. The topological polar surface area (TPSA) is 32.6 Å². The van der Waals surface area contributed by atoms with Crippen LogP contribution in [0.25, 0.3) is 0 Å². The van der Waals surface area contributed by atoms with Crippen molar-refractivity contribution >= 4 is 14.3 Å². The third kappa shape index (κ3) is 4.82. The summed E-state index contributed by atoms with van der Waals surface area (Å²) in [7, 11) is -0.981. The highest BCUT2D eigenvalue weighted by molar-refractivity contribution is 6.79. The SMILES string of the molecule is CC[Si](CC)(CC)CCCN=Cc1ccccc1O. The van der Waals surface area contributed by atoms with Crippen LogP contribution in [0.2, 0.25) is 24.2 Å². The van der Waals surface area contributed by atoms with Crippen LogP contribution in [-0.4, -0.2) is 25.9 Å². The molecule has 0 aliphatic carbocycles. The molecule has 19 heavy (non-hydrogen) atoms. The number of benzene rings is 1. The van der Waals surface area contributed by atoms with Crippen molar-refractivity contribution in [1.82, 2.24) is 0 Å². The molecule has 0 aliphatic rings. The zero-order chi connectivity index (χ0) is 14.1. The first-order chi connectivity index (χ1) is 9.17. The quantitative estimate of drug-likeness (QED) is 0.416. The van der Waals surface area contributed by atoms with Crippen LogP contribution in [0.4, 0.5) is 0 Å². The molecule has 0 saturated carbocycles. The number of para-hydroxylation sites is 1. The summed E-state index contributed by atoms with van der Waals surface area (Å²) < 4.78 is 0. The van der Waals surface area contributed by atoms with Crippen LogP contribution in [0, 0.1) is 0 Å². The first-order valence-electron chi connectivity index (χ1n) is 7.45. The fraction of sp³-hybridized carbons (Fsp3) is 0.562. The van der Waals surface area contributed by atoms with Crippen molar-refractivity contribution in [3.05, 3.63) is 29.8 Å². The van der Waals surface area contributed by atoms with Crippen LogP contribution in [0.1, 0.15) is 32.8 Å². The minimum Gasteiger partial charge on any atom is -0.507 e. The first kappa shape index (κ1) is 16.0. The molecule has 106 valence electrons. The van der Waals surface area contributed by atoms with E-state index in [0.717, 1.165) is 12.1 Å². The van der Waals surface area contributed by atoms with Gasteiger partial charge in [0.25, 0.3) is 0 Å². The van der Waals surface area contributed by atoms with E-state index in [1.165, 1.54) is 30.6 Å². The zero-order valence-corrected chi connectivity index (χ0v) is 13.5. The third-order valence-electron chi connectivity index (χ3n) is 4.41. The van der Waals surface area contributed by atoms with Crippen molar-refractivity contribution in [2.24, 2.45) is 4.99 Å². The van der Waals surface area contributed by atoms with Crippen LogP contribution in [-0.2, 0) is 0 Å². The Morgan fingerprint density at radius 3 is 2.32 bits per heavy atom. The number of phenols is 1. The summed E-state index contributed by atoms with van der Waals surface area (Å²) in [5, 5.41) is 9.63. The molecule has 0 amide bonds. The molecule has 1 rings (SSSR count). The van der Waals surface area contributed by atoms with E-state index in [1.54, 1.807) is 12.3 Å². The monoisotopic (exact) mass is 277 g/mol. The van der Waals surface area contributed by atoms with Gasteiger partial charge in [-0.15, -0.1) is 0 Å². The maximum Gasteiger partial charge on any atom is 0.124 e. The second-order valence-electron chi connectivity index (χ2n) is 5.26. The van der Waals surface area contributed by atoms with Gasteiger partial charge in [0.15, 0.2) is 0 Å². The molecule has 0 bridgehead atoms. The molecule has 0 unspecified atom stereocenters. The van der Waals surface area contributed by atoms with Crippen molar-refractivity contribution in [2.75, 3.05) is 6.54 Å². The van der Waals surface area contributed by atoms with Crippen LogP contribution < -0.4 is 0 Å². The number of hydrogen-bond donors (Lipinski definition) is 1. The Labute approximate surface area is 118 Å². The Kier molecular flexibility index (Phi) is 6.85. The van der Waals surface area contributed by atoms with Gasteiger partial charge in [-0.25, -0.2) is 0 Å². The molecule has 0 saturated heterocycles. The number of aromatic hydroxyl groups is 1. The molecule has 1 N–H and O–H groups in total. The summed E-state index contributed by atoms with van der Waals surface area (Å²) in [5.74, 6) is 0.311. The lowest BCUT2D eigenvalue weighted by Gasteiger charge is -2.27. The second-order valence-corrected chi connectivity index (χ2v) is 10.9.